The van der Waals surface area contributed by atoms with Gasteiger partial charge < -0.3 is 9.47 Å². The molecule has 14 rings (SSSR count). The molecule has 0 bridgehead atoms. The van der Waals surface area contributed by atoms with E-state index in [2.05, 4.69) is 224 Å². The van der Waals surface area contributed by atoms with Gasteiger partial charge in [0.15, 0.2) is 0 Å². The Bertz CT molecular complexity index is 3640. The predicted molar refractivity (Wildman–Crippen MR) is 287 cm³/mol. The molecule has 0 N–H and O–H groups in total. The summed E-state index contributed by atoms with van der Waals surface area (Å²) in [7, 11) is -2.17. The third-order valence-corrected chi connectivity index (χ3v) is 20.5. The van der Waals surface area contributed by atoms with Gasteiger partial charge in [0.05, 0.1) is 0 Å². The smallest absolute Gasteiger partial charge is 0.139 e. The molecule has 328 valence electrons. The van der Waals surface area contributed by atoms with E-state index in [1.165, 1.54) is 104 Å². The second kappa shape index (κ2) is 13.3. The molecule has 0 fully saturated rings. The van der Waals surface area contributed by atoms with Gasteiger partial charge in [0, 0.05) is 49.6 Å². The number of hydrogen-bond acceptors (Lipinski definition) is 2. The molecule has 3 heteroatoms. The van der Waals surface area contributed by atoms with Gasteiger partial charge in [-0.3, -0.25) is 0 Å². The van der Waals surface area contributed by atoms with Crippen molar-refractivity contribution in [2.75, 3.05) is 0 Å². The Kier molecular flexibility index (Phi) is 7.79. The van der Waals surface area contributed by atoms with Crippen LogP contribution < -0.4 is 19.8 Å². The maximum absolute atomic E-state index is 7.36. The zero-order chi connectivity index (χ0) is 46.2. The molecule has 4 aliphatic rings. The Morgan fingerprint density at radius 1 is 0.309 bits per heavy atom. The Balaban J connectivity index is 0.911. The van der Waals surface area contributed by atoms with E-state index in [4.69, 9.17) is 9.47 Å². The molecular weight excluding hydrogens is 841 g/mol. The minimum absolute atomic E-state index is 0.0959. The molecule has 0 saturated carbocycles. The quantitative estimate of drug-likeness (QED) is 0.127. The van der Waals surface area contributed by atoms with E-state index in [1.807, 2.05) is 0 Å². The molecule has 2 aliphatic heterocycles. The number of fused-ring (bicyclic) bond motifs is 18. The summed E-state index contributed by atoms with van der Waals surface area (Å²) in [6, 6.07) is 63.9. The summed E-state index contributed by atoms with van der Waals surface area (Å²) in [6.07, 6.45) is 0. The molecule has 0 amide bonds. The van der Waals surface area contributed by atoms with E-state index in [1.54, 1.807) is 0 Å². The molecule has 0 atom stereocenters. The minimum Gasteiger partial charge on any atom is -0.456 e. The standard InChI is InChI=1S/C65H52O2Si/c1-63(2)49-23-13-11-19-45(49)57-51(63)31-32-54-61(57)66-59-39(21-15-25-53(59)65(54,5)6)37-27-29-43-44-30-28-38(36-48(44)42-18-10-9-17-41(42)47(43)35-37)40-22-16-26-55-60(40)67-62-56(68(55,7)8)34-33-52-58(62)46-20-12-14-24-50(46)64(52,3)4/h9-36H,1-8H3. The van der Waals surface area contributed by atoms with Crippen molar-refractivity contribution in [1.82, 2.24) is 0 Å². The van der Waals surface area contributed by atoms with E-state index in [0.717, 1.165) is 39.7 Å². The first-order chi connectivity index (χ1) is 32.8. The van der Waals surface area contributed by atoms with Crippen LogP contribution in [0.5, 0.6) is 23.0 Å². The molecule has 2 nitrogen and oxygen atoms in total. The molecule has 68 heavy (non-hydrogen) atoms. The van der Waals surface area contributed by atoms with Crippen molar-refractivity contribution in [3.63, 3.8) is 0 Å². The van der Waals surface area contributed by atoms with Crippen LogP contribution in [0.4, 0.5) is 0 Å². The minimum atomic E-state index is -2.17. The van der Waals surface area contributed by atoms with Gasteiger partial charge in [-0.2, -0.15) is 0 Å². The van der Waals surface area contributed by atoms with Crippen molar-refractivity contribution in [3.05, 3.63) is 203 Å². The van der Waals surface area contributed by atoms with Gasteiger partial charge in [0.25, 0.3) is 0 Å². The van der Waals surface area contributed by atoms with E-state index in [-0.39, 0.29) is 16.2 Å². The second-order valence-electron chi connectivity index (χ2n) is 22.0. The zero-order valence-electron chi connectivity index (χ0n) is 40.0. The first kappa shape index (κ1) is 39.9. The lowest BCUT2D eigenvalue weighted by Gasteiger charge is -2.37. The molecule has 0 saturated heterocycles. The summed E-state index contributed by atoms with van der Waals surface area (Å²) >= 11 is 0. The lowest BCUT2D eigenvalue weighted by molar-refractivity contribution is 0.420. The highest BCUT2D eigenvalue weighted by Gasteiger charge is 2.45. The van der Waals surface area contributed by atoms with Crippen LogP contribution in [0.2, 0.25) is 13.1 Å². The summed E-state index contributed by atoms with van der Waals surface area (Å²) in [4.78, 5) is 0. The van der Waals surface area contributed by atoms with Crippen LogP contribution in [0.15, 0.2) is 170 Å². The Morgan fingerprint density at radius 2 is 0.721 bits per heavy atom. The molecule has 2 heterocycles. The number of para-hydroxylation sites is 2. The van der Waals surface area contributed by atoms with Crippen LogP contribution >= 0.6 is 0 Å². The topological polar surface area (TPSA) is 18.5 Å². The lowest BCUT2D eigenvalue weighted by Crippen LogP contribution is -2.56. The van der Waals surface area contributed by atoms with Gasteiger partial charge in [-0.25, -0.2) is 0 Å². The summed E-state index contributed by atoms with van der Waals surface area (Å²) < 4.78 is 14.7. The fourth-order valence-corrected chi connectivity index (χ4v) is 16.0. The van der Waals surface area contributed by atoms with Crippen LogP contribution in [0.1, 0.15) is 74.9 Å². The van der Waals surface area contributed by atoms with Gasteiger partial charge >= 0.3 is 0 Å². The SMILES string of the molecule is CC1(C)c2cccc(-c3ccc4c5ccc(-c6cccc7c6Oc6c(ccc8c6-c6ccccc6C8(C)C)[Si]7(C)C)cc5c5ccccc5c4c3)c2Oc2c1ccc1c2-c2ccccc2C1(C)C. The van der Waals surface area contributed by atoms with Gasteiger partial charge in [0.1, 0.15) is 31.1 Å². The number of ether oxygens (including phenoxy) is 2. The van der Waals surface area contributed by atoms with Crippen molar-refractivity contribution in [1.29, 1.82) is 0 Å². The van der Waals surface area contributed by atoms with E-state index in [9.17, 15) is 0 Å². The Morgan fingerprint density at radius 3 is 1.34 bits per heavy atom. The molecule has 0 aromatic heterocycles. The van der Waals surface area contributed by atoms with Crippen LogP contribution in [-0.2, 0) is 16.2 Å². The predicted octanol–water partition coefficient (Wildman–Crippen LogP) is 16.5. The number of benzene rings is 10. The van der Waals surface area contributed by atoms with Crippen LogP contribution in [0, 0.1) is 0 Å². The highest BCUT2D eigenvalue weighted by Crippen LogP contribution is 2.60. The number of rotatable bonds is 2. The largest absolute Gasteiger partial charge is 0.456 e. The third-order valence-electron chi connectivity index (χ3n) is 17.0. The summed E-state index contributed by atoms with van der Waals surface area (Å²) in [5.41, 5.74) is 17.1. The molecule has 0 unspecified atom stereocenters. The van der Waals surface area contributed by atoms with Crippen LogP contribution in [0.25, 0.3) is 76.8 Å². The Hall–Kier alpha value is -7.20. The third kappa shape index (κ3) is 5.02. The fourth-order valence-electron chi connectivity index (χ4n) is 13.2. The summed E-state index contributed by atoms with van der Waals surface area (Å²) in [5.74, 6) is 4.02. The van der Waals surface area contributed by atoms with E-state index in [0.29, 0.717) is 0 Å². The van der Waals surface area contributed by atoms with Gasteiger partial charge in [-0.05, 0) is 99.3 Å². The van der Waals surface area contributed by atoms with Crippen molar-refractivity contribution >= 4 is 50.8 Å². The van der Waals surface area contributed by atoms with Gasteiger partial charge in [-0.1, -0.05) is 212 Å². The zero-order valence-corrected chi connectivity index (χ0v) is 41.0. The maximum Gasteiger partial charge on any atom is 0.139 e. The molecule has 0 spiro atoms. The van der Waals surface area contributed by atoms with Gasteiger partial charge in [0.2, 0.25) is 0 Å². The van der Waals surface area contributed by atoms with Crippen LogP contribution in [0.3, 0.4) is 0 Å². The average molecular weight is 893 g/mol. The Labute approximate surface area is 399 Å². The lowest BCUT2D eigenvalue weighted by atomic mass is 9.73. The molecule has 10 aromatic carbocycles. The normalized spacial score (nSPS) is 16.6. The first-order valence-corrected chi connectivity index (χ1v) is 27.3. The monoisotopic (exact) mass is 892 g/mol. The molecule has 2 aliphatic carbocycles. The highest BCUT2D eigenvalue weighted by atomic mass is 28.3. The summed E-state index contributed by atoms with van der Waals surface area (Å²) in [5, 5.41) is 10.2. The van der Waals surface area contributed by atoms with Crippen molar-refractivity contribution in [2.24, 2.45) is 0 Å². The highest BCUT2D eigenvalue weighted by molar-refractivity contribution is 7.02. The maximum atomic E-state index is 7.36. The van der Waals surface area contributed by atoms with Crippen molar-refractivity contribution in [3.8, 4) is 67.5 Å². The van der Waals surface area contributed by atoms with Crippen molar-refractivity contribution in [2.45, 2.75) is 70.9 Å². The van der Waals surface area contributed by atoms with E-state index >= 15 is 0 Å². The second-order valence-corrected chi connectivity index (χ2v) is 26.3. The van der Waals surface area contributed by atoms with Crippen molar-refractivity contribution < 1.29 is 9.47 Å². The summed E-state index contributed by atoms with van der Waals surface area (Å²) in [6.45, 7) is 19.1. The number of hydrogen-bond donors (Lipinski definition) is 0. The fraction of sp³-hybridized carbons (Fsp3) is 0.169. The van der Waals surface area contributed by atoms with Gasteiger partial charge in [-0.15, -0.1) is 0 Å². The van der Waals surface area contributed by atoms with Crippen LogP contribution in [-0.4, -0.2) is 8.07 Å². The average Bonchev–Trinajstić information content (AvgIpc) is 3.73. The first-order valence-electron chi connectivity index (χ1n) is 24.3. The molecular formula is C65H52O2Si. The van der Waals surface area contributed by atoms with E-state index < -0.39 is 8.07 Å². The molecule has 10 aromatic rings. The molecule has 0 radical (unpaired) electrons.